The molecule has 1 amide bonds. The van der Waals surface area contributed by atoms with Gasteiger partial charge in [0, 0.05) is 25.7 Å². The summed E-state index contributed by atoms with van der Waals surface area (Å²) in [7, 11) is -3.57. The fourth-order valence-electron chi connectivity index (χ4n) is 2.19. The minimum absolute atomic E-state index is 0.149. The molecule has 1 N–H and O–H groups in total. The summed E-state index contributed by atoms with van der Waals surface area (Å²) in [4.78, 5) is 22.8. The third kappa shape index (κ3) is 4.53. The molecule has 1 aliphatic rings. The van der Waals surface area contributed by atoms with Crippen LogP contribution in [0, 0.1) is 0 Å². The lowest BCUT2D eigenvalue weighted by molar-refractivity contribution is -0.150. The van der Waals surface area contributed by atoms with Gasteiger partial charge >= 0.3 is 5.97 Å². The van der Waals surface area contributed by atoms with Crippen molar-refractivity contribution in [3.05, 3.63) is 24.3 Å². The van der Waals surface area contributed by atoms with Crippen molar-refractivity contribution in [3.8, 4) is 0 Å². The van der Waals surface area contributed by atoms with Crippen LogP contribution in [0.4, 0.5) is 5.69 Å². The zero-order chi connectivity index (χ0) is 17.7. The van der Waals surface area contributed by atoms with Crippen LogP contribution >= 0.6 is 0 Å². The average Bonchev–Trinajstić information content (AvgIpc) is 2.55. The highest BCUT2D eigenvalue weighted by Gasteiger charge is 2.26. The molecule has 2 rings (SSSR count). The first-order valence-corrected chi connectivity index (χ1v) is 8.91. The van der Waals surface area contributed by atoms with Crippen LogP contribution in [0.15, 0.2) is 29.2 Å². The molecule has 1 aliphatic heterocycles. The highest BCUT2D eigenvalue weighted by Crippen LogP contribution is 2.19. The first-order valence-electron chi connectivity index (χ1n) is 7.47. The summed E-state index contributed by atoms with van der Waals surface area (Å²) in [5.74, 6) is -1.04. The molecule has 8 nitrogen and oxygen atoms in total. The second kappa shape index (κ2) is 7.73. The highest BCUT2D eigenvalue weighted by atomic mass is 32.2. The zero-order valence-corrected chi connectivity index (χ0v) is 14.3. The van der Waals surface area contributed by atoms with Gasteiger partial charge in [-0.2, -0.15) is 4.31 Å². The lowest BCUT2D eigenvalue weighted by atomic mass is 10.3. The number of benzene rings is 1. The summed E-state index contributed by atoms with van der Waals surface area (Å²) in [6.45, 7) is 4.06. The van der Waals surface area contributed by atoms with E-state index in [1.165, 1.54) is 42.4 Å². The SMILES string of the molecule is CC(=O)O[C@@H](C)C(=O)Nc1ccc(S(=O)(=O)N2CCOCC2)cc1. The van der Waals surface area contributed by atoms with Crippen molar-refractivity contribution in [3.63, 3.8) is 0 Å². The first kappa shape index (κ1) is 18.4. The van der Waals surface area contributed by atoms with Gasteiger partial charge < -0.3 is 14.8 Å². The van der Waals surface area contributed by atoms with Crippen LogP contribution in [-0.2, 0) is 29.1 Å². The van der Waals surface area contributed by atoms with Gasteiger partial charge in [-0.1, -0.05) is 0 Å². The molecular weight excluding hydrogens is 336 g/mol. The molecule has 132 valence electrons. The normalized spacial score (nSPS) is 17.1. The number of carbonyl (C=O) groups is 2. The Hall–Kier alpha value is -1.97. The van der Waals surface area contributed by atoms with E-state index in [0.717, 1.165) is 0 Å². The third-order valence-electron chi connectivity index (χ3n) is 3.44. The van der Waals surface area contributed by atoms with Gasteiger partial charge in [-0.25, -0.2) is 8.42 Å². The van der Waals surface area contributed by atoms with Crippen LogP contribution in [0.2, 0.25) is 0 Å². The summed E-state index contributed by atoms with van der Waals surface area (Å²) in [6, 6.07) is 5.84. The third-order valence-corrected chi connectivity index (χ3v) is 5.35. The van der Waals surface area contributed by atoms with Crippen molar-refractivity contribution in [2.45, 2.75) is 24.8 Å². The van der Waals surface area contributed by atoms with Crippen LogP contribution < -0.4 is 5.32 Å². The van der Waals surface area contributed by atoms with Gasteiger partial charge in [0.05, 0.1) is 18.1 Å². The second-order valence-electron chi connectivity index (χ2n) is 5.28. The van der Waals surface area contributed by atoms with Crippen molar-refractivity contribution in [1.29, 1.82) is 0 Å². The van der Waals surface area contributed by atoms with E-state index in [-0.39, 0.29) is 4.90 Å². The number of hydrogen-bond donors (Lipinski definition) is 1. The quantitative estimate of drug-likeness (QED) is 0.775. The predicted octanol–water partition coefficient (Wildman–Crippen LogP) is 0.598. The Labute approximate surface area is 140 Å². The molecule has 1 fully saturated rings. The summed E-state index contributed by atoms with van der Waals surface area (Å²) in [6.07, 6.45) is -0.931. The number of carbonyl (C=O) groups excluding carboxylic acids is 2. The van der Waals surface area contributed by atoms with E-state index in [0.29, 0.717) is 32.0 Å². The topological polar surface area (TPSA) is 102 Å². The van der Waals surface area contributed by atoms with E-state index < -0.39 is 28.0 Å². The largest absolute Gasteiger partial charge is 0.453 e. The Bertz CT molecular complexity index is 695. The molecule has 1 aromatic carbocycles. The fraction of sp³-hybridized carbons (Fsp3) is 0.467. The van der Waals surface area contributed by atoms with E-state index in [2.05, 4.69) is 5.32 Å². The maximum atomic E-state index is 12.5. The van der Waals surface area contributed by atoms with Crippen LogP contribution in [-0.4, -0.2) is 57.0 Å². The molecule has 1 saturated heterocycles. The molecule has 0 radical (unpaired) electrons. The lowest BCUT2D eigenvalue weighted by Gasteiger charge is -2.26. The van der Waals surface area contributed by atoms with E-state index in [1.807, 2.05) is 0 Å². The zero-order valence-electron chi connectivity index (χ0n) is 13.5. The molecule has 1 aromatic rings. The average molecular weight is 356 g/mol. The van der Waals surface area contributed by atoms with Gasteiger partial charge in [0.15, 0.2) is 6.10 Å². The van der Waals surface area contributed by atoms with E-state index >= 15 is 0 Å². The van der Waals surface area contributed by atoms with Crippen molar-refractivity contribution in [2.24, 2.45) is 0 Å². The molecule has 0 aromatic heterocycles. The lowest BCUT2D eigenvalue weighted by Crippen LogP contribution is -2.40. The van der Waals surface area contributed by atoms with Crippen molar-refractivity contribution in [1.82, 2.24) is 4.31 Å². The minimum Gasteiger partial charge on any atom is -0.453 e. The van der Waals surface area contributed by atoms with Crippen molar-refractivity contribution in [2.75, 3.05) is 31.6 Å². The molecule has 24 heavy (non-hydrogen) atoms. The number of rotatable bonds is 5. The molecule has 1 atom stereocenters. The number of nitrogens with zero attached hydrogens (tertiary/aromatic N) is 1. The highest BCUT2D eigenvalue weighted by molar-refractivity contribution is 7.89. The van der Waals surface area contributed by atoms with Gasteiger partial charge in [-0.15, -0.1) is 0 Å². The number of amides is 1. The number of sulfonamides is 1. The maximum Gasteiger partial charge on any atom is 0.303 e. The summed E-state index contributed by atoms with van der Waals surface area (Å²) < 4.78 is 36.2. The molecule has 1 heterocycles. The monoisotopic (exact) mass is 356 g/mol. The van der Waals surface area contributed by atoms with E-state index in [9.17, 15) is 18.0 Å². The Morgan fingerprint density at radius 2 is 1.79 bits per heavy atom. The summed E-state index contributed by atoms with van der Waals surface area (Å²) in [5.41, 5.74) is 0.417. The number of anilines is 1. The second-order valence-corrected chi connectivity index (χ2v) is 7.22. The van der Waals surface area contributed by atoms with Gasteiger partial charge in [-0.05, 0) is 31.2 Å². The molecule has 9 heteroatoms. The Kier molecular flexibility index (Phi) is 5.92. The molecule has 0 aliphatic carbocycles. The smallest absolute Gasteiger partial charge is 0.303 e. The molecule has 0 unspecified atom stereocenters. The van der Waals surface area contributed by atoms with Gasteiger partial charge in [0.2, 0.25) is 10.0 Å². The van der Waals surface area contributed by atoms with Crippen LogP contribution in [0.1, 0.15) is 13.8 Å². The Balaban J connectivity index is 2.04. The maximum absolute atomic E-state index is 12.5. The van der Waals surface area contributed by atoms with Crippen LogP contribution in [0.25, 0.3) is 0 Å². The number of ether oxygens (including phenoxy) is 2. The van der Waals surface area contributed by atoms with Gasteiger partial charge in [-0.3, -0.25) is 9.59 Å². The van der Waals surface area contributed by atoms with Gasteiger partial charge in [0.1, 0.15) is 0 Å². The number of hydrogen-bond acceptors (Lipinski definition) is 6. The minimum atomic E-state index is -3.57. The van der Waals surface area contributed by atoms with Crippen molar-refractivity contribution < 1.29 is 27.5 Å². The van der Waals surface area contributed by atoms with E-state index in [1.54, 1.807) is 0 Å². The number of esters is 1. The molecular formula is C15H20N2O6S. The van der Waals surface area contributed by atoms with Gasteiger partial charge in [0.25, 0.3) is 5.91 Å². The van der Waals surface area contributed by atoms with Crippen LogP contribution in [0.3, 0.4) is 0 Å². The van der Waals surface area contributed by atoms with Crippen molar-refractivity contribution >= 4 is 27.6 Å². The molecule has 0 saturated carbocycles. The standard InChI is InChI=1S/C15H20N2O6S/c1-11(23-12(2)18)15(19)16-13-3-5-14(6-4-13)24(20,21)17-7-9-22-10-8-17/h3-6,11H,7-10H2,1-2H3,(H,16,19)/t11-/m0/s1. The number of nitrogens with one attached hydrogen (secondary N) is 1. The Morgan fingerprint density at radius 1 is 1.21 bits per heavy atom. The summed E-state index contributed by atoms with van der Waals surface area (Å²) in [5, 5.41) is 2.56. The Morgan fingerprint density at radius 3 is 2.33 bits per heavy atom. The van der Waals surface area contributed by atoms with E-state index in [4.69, 9.17) is 9.47 Å². The fourth-order valence-corrected chi connectivity index (χ4v) is 3.60. The summed E-state index contributed by atoms with van der Waals surface area (Å²) >= 11 is 0. The first-order chi connectivity index (χ1) is 11.3. The predicted molar refractivity (Wildman–Crippen MR) is 85.9 cm³/mol. The molecule has 0 bridgehead atoms. The molecule has 0 spiro atoms. The van der Waals surface area contributed by atoms with Crippen LogP contribution in [0.5, 0.6) is 0 Å². The number of morpholine rings is 1.